The average molecular weight is 566 g/mol. The summed E-state index contributed by atoms with van der Waals surface area (Å²) in [6.07, 6.45) is 2.73. The summed E-state index contributed by atoms with van der Waals surface area (Å²) in [5, 5.41) is 8.06. The number of hydrogen-bond acceptors (Lipinski definition) is 6. The highest BCUT2D eigenvalue weighted by Gasteiger charge is 2.29. The van der Waals surface area contributed by atoms with Crippen molar-refractivity contribution < 1.29 is 28.7 Å². The molecule has 9 nitrogen and oxygen atoms in total. The second kappa shape index (κ2) is 17.5. The maximum Gasteiger partial charge on any atom is 0.408 e. The molecule has 2 rings (SSSR count). The maximum atomic E-state index is 13.3. The van der Waals surface area contributed by atoms with Gasteiger partial charge in [-0.25, -0.2) is 9.59 Å². The first kappa shape index (κ1) is 33.1. The van der Waals surface area contributed by atoms with Crippen LogP contribution < -0.4 is 16.0 Å². The minimum Gasteiger partial charge on any atom is -0.464 e. The van der Waals surface area contributed by atoms with Gasteiger partial charge in [0.2, 0.25) is 11.8 Å². The molecule has 2 aromatic rings. The number of methoxy groups -OCH3 is 1. The number of allylic oxidation sites excluding steroid dienone is 1. The lowest BCUT2D eigenvalue weighted by molar-refractivity contribution is -0.138. The van der Waals surface area contributed by atoms with Crippen molar-refractivity contribution in [3.05, 3.63) is 83.6 Å². The van der Waals surface area contributed by atoms with Crippen molar-refractivity contribution in [2.24, 2.45) is 11.8 Å². The molecule has 2 aromatic carbocycles. The molecule has 0 spiro atoms. The topological polar surface area (TPSA) is 123 Å². The molecule has 0 unspecified atom stereocenters. The normalized spacial score (nSPS) is 12.8. The number of alkyl carbamates (subject to hydrolysis) is 1. The predicted octanol–water partition coefficient (Wildman–Crippen LogP) is 4.66. The summed E-state index contributed by atoms with van der Waals surface area (Å²) in [6, 6.07) is 17.1. The Morgan fingerprint density at radius 3 is 1.83 bits per heavy atom. The Bertz CT molecular complexity index is 1150. The quantitative estimate of drug-likeness (QED) is 0.213. The van der Waals surface area contributed by atoms with Crippen LogP contribution in [0.1, 0.15) is 58.1 Å². The summed E-state index contributed by atoms with van der Waals surface area (Å²) < 4.78 is 10.2. The van der Waals surface area contributed by atoms with Gasteiger partial charge in [0.1, 0.15) is 24.4 Å². The van der Waals surface area contributed by atoms with Crippen molar-refractivity contribution >= 4 is 23.9 Å². The molecule has 0 fully saturated rings. The van der Waals surface area contributed by atoms with E-state index < -0.39 is 36.0 Å². The highest BCUT2D eigenvalue weighted by Crippen LogP contribution is 2.11. The molecule has 0 radical (unpaired) electrons. The molecular weight excluding hydrogens is 522 g/mol. The Kier molecular flexibility index (Phi) is 14.1. The van der Waals surface area contributed by atoms with Crippen molar-refractivity contribution in [1.82, 2.24) is 16.0 Å². The molecule has 0 bridgehead atoms. The molecule has 0 aliphatic rings. The summed E-state index contributed by atoms with van der Waals surface area (Å²) in [5.74, 6) is -1.60. The van der Waals surface area contributed by atoms with Crippen LogP contribution >= 0.6 is 0 Å². The van der Waals surface area contributed by atoms with Gasteiger partial charge in [-0.1, -0.05) is 94.4 Å². The number of carbonyl (C=O) groups is 4. The lowest BCUT2D eigenvalue weighted by atomic mass is 10.00. The van der Waals surface area contributed by atoms with E-state index in [2.05, 4.69) is 16.0 Å². The summed E-state index contributed by atoms with van der Waals surface area (Å²) in [6.45, 7) is 7.77. The highest BCUT2D eigenvalue weighted by atomic mass is 16.5. The second-order valence-corrected chi connectivity index (χ2v) is 10.7. The molecular formula is C32H43N3O6. The number of nitrogens with one attached hydrogen (secondary N) is 3. The molecule has 2 atom stereocenters. The van der Waals surface area contributed by atoms with Crippen molar-refractivity contribution in [3.63, 3.8) is 0 Å². The van der Waals surface area contributed by atoms with Gasteiger partial charge >= 0.3 is 12.1 Å². The minimum atomic E-state index is -0.943. The van der Waals surface area contributed by atoms with Crippen LogP contribution in [0, 0.1) is 11.8 Å². The van der Waals surface area contributed by atoms with Gasteiger partial charge in [0.25, 0.3) is 0 Å². The number of carbonyl (C=O) groups excluding carboxylic acids is 4. The second-order valence-electron chi connectivity index (χ2n) is 10.7. The van der Waals surface area contributed by atoms with Gasteiger partial charge in [-0.3, -0.25) is 9.59 Å². The van der Waals surface area contributed by atoms with Crippen LogP contribution in [0.4, 0.5) is 4.79 Å². The molecule has 0 aliphatic carbocycles. The number of aryl methyl sites for hydroxylation is 1. The third kappa shape index (κ3) is 12.7. The summed E-state index contributed by atoms with van der Waals surface area (Å²) in [7, 11) is 1.24. The largest absolute Gasteiger partial charge is 0.464 e. The van der Waals surface area contributed by atoms with E-state index in [0.717, 1.165) is 11.1 Å². The molecule has 222 valence electrons. The van der Waals surface area contributed by atoms with Crippen LogP contribution in [0.3, 0.4) is 0 Å². The molecule has 0 heterocycles. The molecule has 0 saturated heterocycles. The van der Waals surface area contributed by atoms with Gasteiger partial charge in [0.05, 0.1) is 7.11 Å². The van der Waals surface area contributed by atoms with E-state index in [-0.39, 0.29) is 24.1 Å². The van der Waals surface area contributed by atoms with Gasteiger partial charge < -0.3 is 25.4 Å². The predicted molar refractivity (Wildman–Crippen MR) is 157 cm³/mol. The molecule has 3 N–H and O–H groups in total. The Labute approximate surface area is 243 Å². The van der Waals surface area contributed by atoms with E-state index in [1.807, 2.05) is 88.4 Å². The zero-order valence-electron chi connectivity index (χ0n) is 24.6. The fourth-order valence-corrected chi connectivity index (χ4v) is 4.13. The van der Waals surface area contributed by atoms with Crippen molar-refractivity contribution in [1.29, 1.82) is 0 Å². The van der Waals surface area contributed by atoms with E-state index in [0.29, 0.717) is 25.7 Å². The molecule has 0 saturated carbocycles. The summed E-state index contributed by atoms with van der Waals surface area (Å²) in [5.41, 5.74) is 1.92. The molecule has 9 heteroatoms. The van der Waals surface area contributed by atoms with Crippen LogP contribution in [-0.2, 0) is 36.9 Å². The van der Waals surface area contributed by atoms with Gasteiger partial charge in [0, 0.05) is 0 Å². The van der Waals surface area contributed by atoms with Crippen molar-refractivity contribution in [2.75, 3.05) is 7.11 Å². The van der Waals surface area contributed by atoms with Gasteiger partial charge in [-0.05, 0) is 48.6 Å². The van der Waals surface area contributed by atoms with E-state index in [9.17, 15) is 19.2 Å². The van der Waals surface area contributed by atoms with E-state index in [4.69, 9.17) is 9.47 Å². The van der Waals surface area contributed by atoms with Crippen LogP contribution in [-0.4, -0.2) is 43.1 Å². The van der Waals surface area contributed by atoms with Gasteiger partial charge in [-0.15, -0.1) is 0 Å². The Morgan fingerprint density at radius 1 is 0.756 bits per heavy atom. The number of amides is 3. The molecule has 41 heavy (non-hydrogen) atoms. The number of esters is 1. The number of benzene rings is 2. The van der Waals surface area contributed by atoms with E-state index in [1.165, 1.54) is 7.11 Å². The number of rotatable bonds is 15. The highest BCUT2D eigenvalue weighted by molar-refractivity contribution is 5.97. The average Bonchev–Trinajstić information content (AvgIpc) is 2.95. The Hall–Kier alpha value is -4.14. The van der Waals surface area contributed by atoms with Crippen molar-refractivity contribution in [3.8, 4) is 0 Å². The molecule has 0 aromatic heterocycles. The monoisotopic (exact) mass is 565 g/mol. The van der Waals surface area contributed by atoms with Crippen LogP contribution in [0.5, 0.6) is 0 Å². The third-order valence-electron chi connectivity index (χ3n) is 6.16. The van der Waals surface area contributed by atoms with E-state index >= 15 is 0 Å². The number of hydrogen-bond donors (Lipinski definition) is 3. The van der Waals surface area contributed by atoms with Crippen molar-refractivity contribution in [2.45, 2.75) is 72.1 Å². The Balaban J connectivity index is 2.09. The summed E-state index contributed by atoms with van der Waals surface area (Å²) in [4.78, 5) is 51.6. The molecule has 0 aliphatic heterocycles. The molecule has 3 amide bonds. The zero-order chi connectivity index (χ0) is 30.2. The van der Waals surface area contributed by atoms with Gasteiger partial charge in [0.15, 0.2) is 0 Å². The lowest BCUT2D eigenvalue weighted by Gasteiger charge is -2.25. The van der Waals surface area contributed by atoms with Gasteiger partial charge in [-0.2, -0.15) is 0 Å². The smallest absolute Gasteiger partial charge is 0.408 e. The SMILES string of the molecule is COC(=O)/C(=C\CCc1ccccc1)NC(=O)[C@H](CC(C)C)NC(=O)[C@H](CC(C)C)NC(=O)OCc1ccccc1. The first-order valence-electron chi connectivity index (χ1n) is 14.0. The lowest BCUT2D eigenvalue weighted by Crippen LogP contribution is -2.54. The fourth-order valence-electron chi connectivity index (χ4n) is 4.13. The zero-order valence-corrected chi connectivity index (χ0v) is 24.6. The third-order valence-corrected chi connectivity index (χ3v) is 6.16. The maximum absolute atomic E-state index is 13.3. The van der Waals surface area contributed by atoms with E-state index in [1.54, 1.807) is 6.08 Å². The Morgan fingerprint density at radius 2 is 1.29 bits per heavy atom. The van der Waals surface area contributed by atoms with Crippen LogP contribution in [0.25, 0.3) is 0 Å². The van der Waals surface area contributed by atoms with Crippen LogP contribution in [0.15, 0.2) is 72.4 Å². The minimum absolute atomic E-state index is 0.0118. The fraction of sp³-hybridized carbons (Fsp3) is 0.438. The first-order chi connectivity index (χ1) is 19.6. The first-order valence-corrected chi connectivity index (χ1v) is 14.0. The standard InChI is InChI=1S/C32H43N3O6/c1-22(2)19-27(29(36)33-26(31(38)40-5)18-12-17-24-13-8-6-9-14-24)34-30(37)28(20-23(3)4)35-32(39)41-21-25-15-10-7-11-16-25/h6-11,13-16,18,22-23,27-28H,12,17,19-21H2,1-5H3,(H,33,36)(H,34,37)(H,35,39)/b26-18+/t27-,28-/m0/s1. The summed E-state index contributed by atoms with van der Waals surface area (Å²) >= 11 is 0. The van der Waals surface area contributed by atoms with Crippen LogP contribution in [0.2, 0.25) is 0 Å². The number of ether oxygens (including phenoxy) is 2.